The van der Waals surface area contributed by atoms with Crippen LogP contribution in [0.25, 0.3) is 0 Å². The molecule has 0 saturated heterocycles. The van der Waals surface area contributed by atoms with Crippen molar-refractivity contribution < 1.29 is 0 Å². The van der Waals surface area contributed by atoms with Crippen molar-refractivity contribution in [1.29, 1.82) is 0 Å². The Morgan fingerprint density at radius 3 is 2.36 bits per heavy atom. The van der Waals surface area contributed by atoms with Crippen LogP contribution in [-0.4, -0.2) is 23.6 Å². The van der Waals surface area contributed by atoms with Gasteiger partial charge in [-0.1, -0.05) is 35.4 Å². The molecule has 0 radical (unpaired) electrons. The summed E-state index contributed by atoms with van der Waals surface area (Å²) in [6, 6.07) is 0. The molecule has 0 spiro atoms. The Hall–Kier alpha value is 0.950. The minimum atomic E-state index is 0.500. The Labute approximate surface area is 82.4 Å². The number of rotatable bonds is 6. The van der Waals surface area contributed by atoms with E-state index in [0.717, 1.165) is 12.3 Å². The summed E-state index contributed by atoms with van der Waals surface area (Å²) in [5.41, 5.74) is 0. The van der Waals surface area contributed by atoms with Gasteiger partial charge < -0.3 is 5.32 Å². The number of hydrogen-bond donors (Lipinski definition) is 1. The molecular weight excluding hydrogens is 198 g/mol. The van der Waals surface area contributed by atoms with Gasteiger partial charge in [0, 0.05) is 11.1 Å². The highest BCUT2D eigenvalue weighted by atomic mass is 35.5. The molecule has 0 fully saturated rings. The van der Waals surface area contributed by atoms with E-state index in [1.165, 1.54) is 0 Å². The molecule has 1 nitrogen and oxygen atoms in total. The number of hydrogen-bond acceptors (Lipinski definition) is 3. The Morgan fingerprint density at radius 1 is 1.36 bits per heavy atom. The predicted molar refractivity (Wildman–Crippen MR) is 58.5 cm³/mol. The molecule has 0 unspecified atom stereocenters. The zero-order valence-electron chi connectivity index (χ0n) is 7.26. The maximum Gasteiger partial charge on any atom is 0.0645 e. The molecule has 0 aromatic heterocycles. The van der Waals surface area contributed by atoms with Gasteiger partial charge in [-0.25, -0.2) is 0 Å². The fraction of sp³-hybridized carbons (Fsp3) is 1.00. The number of alkyl halides is 1. The minimum absolute atomic E-state index is 0.500. The average molecular weight is 214 g/mol. The Morgan fingerprint density at radius 2 is 2.00 bits per heavy atom. The second-order valence-corrected chi connectivity index (χ2v) is 5.93. The molecule has 1 atom stereocenters. The average Bonchev–Trinajstić information content (AvgIpc) is 1.97. The van der Waals surface area contributed by atoms with Gasteiger partial charge in [0.2, 0.25) is 0 Å². The molecule has 11 heavy (non-hydrogen) atoms. The van der Waals surface area contributed by atoms with Crippen molar-refractivity contribution in [3.8, 4) is 0 Å². The first kappa shape index (κ1) is 11.9. The zero-order valence-corrected chi connectivity index (χ0v) is 9.65. The molecule has 0 saturated carbocycles. The fourth-order valence-electron chi connectivity index (χ4n) is 0.518. The van der Waals surface area contributed by atoms with Crippen LogP contribution >= 0.6 is 33.2 Å². The highest BCUT2D eigenvalue weighted by Crippen LogP contribution is 2.30. The molecule has 0 aromatic carbocycles. The van der Waals surface area contributed by atoms with Crippen LogP contribution < -0.4 is 5.32 Å². The van der Waals surface area contributed by atoms with Gasteiger partial charge in [0.05, 0.1) is 5.37 Å². The second kappa shape index (κ2) is 7.59. The molecule has 0 bridgehead atoms. The van der Waals surface area contributed by atoms with Crippen molar-refractivity contribution >= 4 is 33.2 Å². The zero-order chi connectivity index (χ0) is 8.69. The number of halogens is 1. The quantitative estimate of drug-likeness (QED) is 0.414. The molecule has 0 aliphatic heterocycles. The topological polar surface area (TPSA) is 12.0 Å². The van der Waals surface area contributed by atoms with Crippen LogP contribution in [0.3, 0.4) is 0 Å². The van der Waals surface area contributed by atoms with Crippen LogP contribution in [0.2, 0.25) is 0 Å². The Bertz CT molecular complexity index is 90.5. The van der Waals surface area contributed by atoms with E-state index in [9.17, 15) is 0 Å². The van der Waals surface area contributed by atoms with Crippen LogP contribution in [0.4, 0.5) is 0 Å². The molecule has 1 N–H and O–H groups in total. The first-order valence-corrected chi connectivity index (χ1v) is 6.57. The summed E-state index contributed by atoms with van der Waals surface area (Å²) >= 11 is 5.63. The van der Waals surface area contributed by atoms with Crippen molar-refractivity contribution in [3.05, 3.63) is 0 Å². The van der Waals surface area contributed by atoms with E-state index in [2.05, 4.69) is 19.2 Å². The normalized spacial score (nSPS) is 13.9. The Balaban J connectivity index is 3.35. The van der Waals surface area contributed by atoms with E-state index < -0.39 is 0 Å². The third kappa shape index (κ3) is 7.32. The molecule has 0 rings (SSSR count). The summed E-state index contributed by atoms with van der Waals surface area (Å²) in [5, 5.41) is 4.40. The third-order valence-electron chi connectivity index (χ3n) is 1.06. The van der Waals surface area contributed by atoms with Gasteiger partial charge >= 0.3 is 0 Å². The first-order chi connectivity index (χ1) is 5.20. The van der Waals surface area contributed by atoms with E-state index in [-0.39, 0.29) is 0 Å². The van der Waals surface area contributed by atoms with Crippen LogP contribution in [0, 0.1) is 0 Å². The summed E-state index contributed by atoms with van der Waals surface area (Å²) in [5.74, 6) is 0.733. The van der Waals surface area contributed by atoms with E-state index in [0.29, 0.717) is 10.6 Å². The summed E-state index contributed by atoms with van der Waals surface area (Å²) in [6.07, 6.45) is 1.03. The number of nitrogens with one attached hydrogen (secondary N) is 1. The first-order valence-electron chi connectivity index (χ1n) is 3.76. The van der Waals surface area contributed by atoms with Gasteiger partial charge in [0.1, 0.15) is 0 Å². The summed E-state index contributed by atoms with van der Waals surface area (Å²) in [4.78, 5) is 0. The standard InChI is InChI=1S/C7H16ClNS2/c1-6(2)10-11-7(9-3)4-5-8/h6-7,9H,4-5H2,1-3H3/t7-/m0/s1. The highest BCUT2D eigenvalue weighted by Gasteiger charge is 2.06. The maximum absolute atomic E-state index is 5.63. The van der Waals surface area contributed by atoms with Gasteiger partial charge in [-0.05, 0) is 13.5 Å². The Kier molecular flexibility index (Phi) is 8.25. The van der Waals surface area contributed by atoms with Gasteiger partial charge in [-0.2, -0.15) is 0 Å². The van der Waals surface area contributed by atoms with Crippen LogP contribution in [0.5, 0.6) is 0 Å². The molecule has 0 aliphatic rings. The molecule has 0 amide bonds. The summed E-state index contributed by atoms with van der Waals surface area (Å²) in [6.45, 7) is 4.40. The van der Waals surface area contributed by atoms with E-state index in [4.69, 9.17) is 11.6 Å². The maximum atomic E-state index is 5.63. The lowest BCUT2D eigenvalue weighted by Crippen LogP contribution is -2.21. The van der Waals surface area contributed by atoms with E-state index in [1.54, 1.807) is 0 Å². The molecule has 0 aromatic rings. The van der Waals surface area contributed by atoms with Crippen molar-refractivity contribution in [2.24, 2.45) is 0 Å². The van der Waals surface area contributed by atoms with Crippen LogP contribution in [-0.2, 0) is 0 Å². The van der Waals surface area contributed by atoms with Crippen molar-refractivity contribution in [1.82, 2.24) is 5.32 Å². The summed E-state index contributed by atoms with van der Waals surface area (Å²) < 4.78 is 0. The van der Waals surface area contributed by atoms with Gasteiger partial charge in [-0.15, -0.1) is 11.6 Å². The van der Waals surface area contributed by atoms with Crippen molar-refractivity contribution in [2.45, 2.75) is 30.9 Å². The van der Waals surface area contributed by atoms with Crippen molar-refractivity contribution in [3.63, 3.8) is 0 Å². The minimum Gasteiger partial charge on any atom is -0.308 e. The van der Waals surface area contributed by atoms with Gasteiger partial charge in [0.15, 0.2) is 0 Å². The lowest BCUT2D eigenvalue weighted by Gasteiger charge is -2.14. The van der Waals surface area contributed by atoms with Crippen molar-refractivity contribution in [2.75, 3.05) is 12.9 Å². The predicted octanol–water partition coefficient (Wildman–Crippen LogP) is 2.95. The molecule has 0 aliphatic carbocycles. The molecular formula is C7H16ClNS2. The summed E-state index contributed by atoms with van der Waals surface area (Å²) in [7, 11) is 5.75. The fourth-order valence-corrected chi connectivity index (χ4v) is 3.18. The SMILES string of the molecule is CN[C@H](CCCl)SSC(C)C. The largest absolute Gasteiger partial charge is 0.308 e. The monoisotopic (exact) mass is 213 g/mol. The molecule has 68 valence electrons. The van der Waals surface area contributed by atoms with E-state index >= 15 is 0 Å². The van der Waals surface area contributed by atoms with Gasteiger partial charge in [0.25, 0.3) is 0 Å². The lowest BCUT2D eigenvalue weighted by molar-refractivity contribution is 0.725. The van der Waals surface area contributed by atoms with Crippen LogP contribution in [0.1, 0.15) is 20.3 Å². The van der Waals surface area contributed by atoms with E-state index in [1.807, 2.05) is 28.6 Å². The molecule has 0 heterocycles. The molecule has 4 heteroatoms. The lowest BCUT2D eigenvalue weighted by atomic mass is 10.5. The second-order valence-electron chi connectivity index (χ2n) is 2.50. The van der Waals surface area contributed by atoms with Crippen LogP contribution in [0.15, 0.2) is 0 Å². The smallest absolute Gasteiger partial charge is 0.0645 e. The highest BCUT2D eigenvalue weighted by molar-refractivity contribution is 8.77. The van der Waals surface area contributed by atoms with Gasteiger partial charge in [-0.3, -0.25) is 0 Å². The third-order valence-corrected chi connectivity index (χ3v) is 4.66.